The summed E-state index contributed by atoms with van der Waals surface area (Å²) in [5.74, 6) is -7.10. The number of ketones is 3. The van der Waals surface area contributed by atoms with Gasteiger partial charge in [-0.1, -0.05) is 6.07 Å². The van der Waals surface area contributed by atoms with Crippen LogP contribution in [0.3, 0.4) is 0 Å². The summed E-state index contributed by atoms with van der Waals surface area (Å²) in [7, 11) is 3.29. The average Bonchev–Trinajstić information content (AvgIpc) is 3.61. The Kier molecular flexibility index (Phi) is 11.0. The van der Waals surface area contributed by atoms with E-state index in [-0.39, 0.29) is 35.1 Å². The zero-order valence-electron chi connectivity index (χ0n) is 33.7. The summed E-state index contributed by atoms with van der Waals surface area (Å²) >= 11 is 0. The highest BCUT2D eigenvalue weighted by atomic mass is 16.6. The van der Waals surface area contributed by atoms with Crippen LogP contribution in [-0.4, -0.2) is 134 Å². The molecule has 1 aliphatic heterocycles. The number of aryl methyl sites for hydroxylation is 1. The van der Waals surface area contributed by atoms with Gasteiger partial charge in [-0.25, -0.2) is 4.79 Å². The number of carbonyl (C=O) groups excluding carboxylic acids is 4. The molecule has 0 bridgehead atoms. The van der Waals surface area contributed by atoms with Crippen molar-refractivity contribution in [2.24, 2.45) is 5.92 Å². The number of hydrogen-bond acceptors (Lipinski definition) is 17. The number of aromatic hydroxyl groups is 2. The Morgan fingerprint density at radius 3 is 2.33 bits per heavy atom. The fourth-order valence-electron chi connectivity index (χ4n) is 9.88. The van der Waals surface area contributed by atoms with Crippen molar-refractivity contribution in [1.29, 1.82) is 0 Å². The predicted octanol–water partition coefficient (Wildman–Crippen LogP) is 0.993. The third-order valence-corrected chi connectivity index (χ3v) is 12.7. The van der Waals surface area contributed by atoms with Crippen LogP contribution in [0, 0.1) is 12.8 Å². The topological polar surface area (TPSA) is 280 Å². The monoisotopic (exact) mass is 836 g/mol. The number of carbonyl (C=O) groups is 4. The molecule has 17 nitrogen and oxygen atoms in total. The van der Waals surface area contributed by atoms with Crippen LogP contribution in [0.1, 0.15) is 95.3 Å². The summed E-state index contributed by atoms with van der Waals surface area (Å²) in [5.41, 5.74) is -11.7. The molecule has 1 aromatic heterocycles. The first-order chi connectivity index (χ1) is 28.3. The van der Waals surface area contributed by atoms with Crippen LogP contribution in [0.5, 0.6) is 11.5 Å². The number of hydrogen-bond donors (Lipinski definition) is 8. The van der Waals surface area contributed by atoms with Gasteiger partial charge in [0.2, 0.25) is 11.6 Å². The summed E-state index contributed by atoms with van der Waals surface area (Å²) in [6, 6.07) is 3.87. The van der Waals surface area contributed by atoms with Gasteiger partial charge in [0.15, 0.2) is 17.0 Å². The molecule has 0 radical (unpaired) electrons. The second-order valence-electron chi connectivity index (χ2n) is 16.2. The number of allylic oxidation sites excluding steroid dienone is 1. The summed E-state index contributed by atoms with van der Waals surface area (Å²) in [6.07, 6.45) is -5.56. The number of aliphatic hydroxyl groups is 6. The molecule has 2 aromatic carbocycles. The number of methoxy groups -OCH3 is 3. The Labute approximate surface area is 343 Å². The van der Waals surface area contributed by atoms with E-state index in [2.05, 4.69) is 0 Å². The predicted molar refractivity (Wildman–Crippen MR) is 205 cm³/mol. The highest BCUT2D eigenvalue weighted by Gasteiger charge is 2.73. The lowest BCUT2D eigenvalue weighted by Crippen LogP contribution is -2.73. The van der Waals surface area contributed by atoms with Crippen molar-refractivity contribution in [3.63, 3.8) is 0 Å². The molecule has 3 aromatic rings. The molecule has 4 aliphatic rings. The first kappa shape index (κ1) is 43.3. The first-order valence-corrected chi connectivity index (χ1v) is 19.4. The van der Waals surface area contributed by atoms with Crippen LogP contribution in [0.2, 0.25) is 0 Å². The number of ether oxygens (including phenoxy) is 4. The molecule has 7 rings (SSSR count). The van der Waals surface area contributed by atoms with Gasteiger partial charge >= 0.3 is 5.97 Å². The summed E-state index contributed by atoms with van der Waals surface area (Å²) < 4.78 is 27.9. The Morgan fingerprint density at radius 2 is 1.72 bits per heavy atom. The Balaban J connectivity index is 1.46. The Morgan fingerprint density at radius 1 is 1.02 bits per heavy atom. The molecule has 1 fully saturated rings. The Hall–Kier alpha value is -4.82. The number of furan rings is 1. The van der Waals surface area contributed by atoms with Crippen LogP contribution < -0.4 is 0 Å². The molecule has 322 valence electrons. The van der Waals surface area contributed by atoms with Crippen molar-refractivity contribution < 1.29 is 83.4 Å². The lowest BCUT2D eigenvalue weighted by atomic mass is 9.56. The standard InChI is InChI=1S/C43H48O17/c1-17-7-21-10-29(47)43(58-6)39(52)31-24(38(51)42(43,55)33(21)36(50)30(17)40(53)57-5)13-26-32(35(31)49)27(46)11-22(12-28-37(56-4)34(48)25(15-44)19(3)60-28)41(26,54)14-20-9-23(59-16-20)8-18(2)45/h7,9,11,13,16,18-19,25,28-29,34,37,44-45,47-50,54-55H,8,10,12,14-15H2,1-6H3/t18?,19-,25+,28+,29?,34+,37-,41?,42-,43+/m0/s1. The van der Waals surface area contributed by atoms with E-state index in [1.807, 2.05) is 0 Å². The number of rotatable bonds is 10. The second-order valence-corrected chi connectivity index (χ2v) is 16.2. The van der Waals surface area contributed by atoms with Gasteiger partial charge in [0.1, 0.15) is 34.5 Å². The van der Waals surface area contributed by atoms with E-state index in [0.29, 0.717) is 11.3 Å². The van der Waals surface area contributed by atoms with Gasteiger partial charge in [-0.3, -0.25) is 14.4 Å². The minimum absolute atomic E-state index is 0.0167. The number of phenols is 2. The van der Waals surface area contributed by atoms with Gasteiger partial charge in [-0.15, -0.1) is 0 Å². The largest absolute Gasteiger partial charge is 0.507 e. The zero-order chi connectivity index (χ0) is 44.0. The fraction of sp³-hybridized carbons (Fsp3) is 0.488. The molecule has 2 heterocycles. The lowest BCUT2D eigenvalue weighted by Gasteiger charge is -2.53. The molecule has 3 aliphatic carbocycles. The molecule has 1 saturated heterocycles. The molecule has 0 amide bonds. The zero-order valence-corrected chi connectivity index (χ0v) is 33.7. The third-order valence-electron chi connectivity index (χ3n) is 12.7. The molecule has 0 spiro atoms. The van der Waals surface area contributed by atoms with Crippen LogP contribution in [0.4, 0.5) is 0 Å². The lowest BCUT2D eigenvalue weighted by molar-refractivity contribution is -0.210. The van der Waals surface area contributed by atoms with E-state index in [1.165, 1.54) is 26.4 Å². The van der Waals surface area contributed by atoms with Crippen molar-refractivity contribution in [3.8, 4) is 11.5 Å². The highest BCUT2D eigenvalue weighted by molar-refractivity contribution is 6.26. The van der Waals surface area contributed by atoms with E-state index in [9.17, 15) is 55.2 Å². The highest BCUT2D eigenvalue weighted by Crippen LogP contribution is 2.58. The maximum atomic E-state index is 15.1. The van der Waals surface area contributed by atoms with Gasteiger partial charge in [-0.05, 0) is 61.2 Å². The van der Waals surface area contributed by atoms with Crippen LogP contribution in [0.15, 0.2) is 40.5 Å². The van der Waals surface area contributed by atoms with Gasteiger partial charge in [0.05, 0.1) is 61.6 Å². The summed E-state index contributed by atoms with van der Waals surface area (Å²) in [5, 5.41) is 92.4. The first-order valence-electron chi connectivity index (χ1n) is 19.4. The van der Waals surface area contributed by atoms with E-state index < -0.39 is 141 Å². The maximum Gasteiger partial charge on any atom is 0.341 e. The van der Waals surface area contributed by atoms with E-state index in [4.69, 9.17) is 23.4 Å². The minimum Gasteiger partial charge on any atom is -0.507 e. The number of esters is 1. The molecule has 17 heteroatoms. The molecule has 8 N–H and O–H groups in total. The van der Waals surface area contributed by atoms with Crippen molar-refractivity contribution in [1.82, 2.24) is 0 Å². The number of fused-ring (bicyclic) bond motifs is 5. The van der Waals surface area contributed by atoms with E-state index in [0.717, 1.165) is 26.4 Å². The van der Waals surface area contributed by atoms with Gasteiger partial charge in [0.25, 0.3) is 0 Å². The number of phenolic OH excluding ortho intramolecular Hbond substituents is 2. The normalized spacial score (nSPS) is 31.5. The number of aliphatic hydroxyl groups excluding tert-OH is 4. The van der Waals surface area contributed by atoms with E-state index >= 15 is 4.79 Å². The molecular weight excluding hydrogens is 788 g/mol. The van der Waals surface area contributed by atoms with Crippen molar-refractivity contribution >= 4 is 23.3 Å². The Bertz CT molecular complexity index is 2320. The summed E-state index contributed by atoms with van der Waals surface area (Å²) in [6.45, 7) is 4.19. The second kappa shape index (κ2) is 15.3. The molecule has 10 atom stereocenters. The third kappa shape index (κ3) is 6.01. The molecule has 60 heavy (non-hydrogen) atoms. The van der Waals surface area contributed by atoms with Gasteiger partial charge < -0.3 is 64.2 Å². The average molecular weight is 837 g/mol. The molecular formula is C43H48O17. The van der Waals surface area contributed by atoms with E-state index in [1.54, 1.807) is 19.9 Å². The van der Waals surface area contributed by atoms with Crippen molar-refractivity contribution in [2.45, 2.75) is 99.9 Å². The number of Topliss-reactive ketones (excluding diaryl/α,β-unsaturated/α-hetero) is 2. The fourth-order valence-corrected chi connectivity index (χ4v) is 9.88. The van der Waals surface area contributed by atoms with Crippen LogP contribution in [-0.2, 0) is 49.4 Å². The van der Waals surface area contributed by atoms with Crippen molar-refractivity contribution in [2.75, 3.05) is 27.9 Å². The summed E-state index contributed by atoms with van der Waals surface area (Å²) in [4.78, 5) is 57.2. The van der Waals surface area contributed by atoms with Crippen molar-refractivity contribution in [3.05, 3.63) is 91.9 Å². The van der Waals surface area contributed by atoms with Crippen LogP contribution >= 0.6 is 0 Å². The SMILES string of the molecule is COC(=O)c1c(C)cc2c(c1O)[C@]1(O)C(=O)c3cc4c(c(O)c3C(=O)[C@]1(OC)C(O)C2)C(=O)C=C(C[C@H]1O[C@@H](C)[C@@H](CO)[C@@H](O)[C@H]1OC)C4(O)Cc1coc(CC(C)O)c1. The molecule has 0 saturated carbocycles. The number of benzene rings is 2. The maximum absolute atomic E-state index is 15.1. The van der Waals surface area contributed by atoms with Gasteiger partial charge in [0, 0.05) is 62.5 Å². The molecule has 3 unspecified atom stereocenters. The van der Waals surface area contributed by atoms with Crippen LogP contribution in [0.25, 0.3) is 0 Å². The minimum atomic E-state index is -3.28. The quantitative estimate of drug-likeness (QED) is 0.132. The smallest absolute Gasteiger partial charge is 0.341 e. The van der Waals surface area contributed by atoms with Gasteiger partial charge in [-0.2, -0.15) is 0 Å².